The summed E-state index contributed by atoms with van der Waals surface area (Å²) >= 11 is 6.26. The summed E-state index contributed by atoms with van der Waals surface area (Å²) < 4.78 is 5.38. The number of nitrogens with zero attached hydrogens (tertiary/aromatic N) is 1. The maximum absolute atomic E-state index is 12.5. The number of amides is 1. The van der Waals surface area contributed by atoms with Crippen molar-refractivity contribution in [3.63, 3.8) is 0 Å². The zero-order valence-electron chi connectivity index (χ0n) is 15.8. The zero-order chi connectivity index (χ0) is 19.2. The van der Waals surface area contributed by atoms with E-state index in [0.717, 1.165) is 48.3 Å². The third-order valence-electron chi connectivity index (χ3n) is 4.90. The molecule has 1 aliphatic rings. The Hall–Kier alpha value is -2.08. The molecule has 3 N–H and O–H groups in total. The third-order valence-corrected chi connectivity index (χ3v) is 5.24. The molecule has 1 heterocycles. The molecular weight excluding hydrogens is 362 g/mol. The number of nitrogens with one attached hydrogen (secondary N) is 1. The SMILES string of the molecule is C[C@H]([NH2+][C@H](C)c1ccccc1Cl)C(=O)Nc1ccc(N2CCOCC2)cc1. The fraction of sp³-hybridized carbons (Fsp3) is 0.381. The van der Waals surface area contributed by atoms with Crippen molar-refractivity contribution in [3.8, 4) is 0 Å². The molecule has 1 saturated heterocycles. The Bertz CT molecular complexity index is 760. The number of nitrogens with two attached hydrogens (primary N) is 1. The van der Waals surface area contributed by atoms with E-state index in [2.05, 4.69) is 17.1 Å². The number of rotatable bonds is 6. The average molecular weight is 389 g/mol. The Labute approximate surface area is 165 Å². The Morgan fingerprint density at radius 2 is 1.78 bits per heavy atom. The van der Waals surface area contributed by atoms with Crippen molar-refractivity contribution in [2.45, 2.75) is 25.9 Å². The second-order valence-electron chi connectivity index (χ2n) is 6.93. The highest BCUT2D eigenvalue weighted by Gasteiger charge is 2.21. The fourth-order valence-corrected chi connectivity index (χ4v) is 3.61. The molecule has 5 nitrogen and oxygen atoms in total. The van der Waals surface area contributed by atoms with E-state index in [0.29, 0.717) is 0 Å². The maximum Gasteiger partial charge on any atom is 0.282 e. The minimum Gasteiger partial charge on any atom is -0.378 e. The first-order chi connectivity index (χ1) is 13.0. The monoisotopic (exact) mass is 388 g/mol. The molecular formula is C21H27ClN3O2+. The molecule has 0 spiro atoms. The first-order valence-corrected chi connectivity index (χ1v) is 9.75. The molecule has 0 bridgehead atoms. The first-order valence-electron chi connectivity index (χ1n) is 9.37. The number of benzene rings is 2. The van der Waals surface area contributed by atoms with E-state index in [4.69, 9.17) is 16.3 Å². The molecule has 1 fully saturated rings. The Morgan fingerprint density at radius 3 is 2.44 bits per heavy atom. The summed E-state index contributed by atoms with van der Waals surface area (Å²) in [5.41, 5.74) is 3.00. The second-order valence-corrected chi connectivity index (χ2v) is 7.33. The molecule has 2 atom stereocenters. The fourth-order valence-electron chi connectivity index (χ4n) is 3.30. The van der Waals surface area contributed by atoms with E-state index < -0.39 is 0 Å². The average Bonchev–Trinajstić information content (AvgIpc) is 2.69. The highest BCUT2D eigenvalue weighted by molar-refractivity contribution is 6.31. The van der Waals surface area contributed by atoms with Crippen molar-refractivity contribution in [1.29, 1.82) is 0 Å². The molecule has 6 heteroatoms. The molecule has 2 aromatic rings. The lowest BCUT2D eigenvalue weighted by atomic mass is 10.1. The van der Waals surface area contributed by atoms with Crippen LogP contribution in [0.5, 0.6) is 0 Å². The molecule has 3 rings (SSSR count). The number of anilines is 2. The van der Waals surface area contributed by atoms with Crippen molar-refractivity contribution in [2.24, 2.45) is 0 Å². The van der Waals surface area contributed by atoms with Crippen LogP contribution in [0.25, 0.3) is 0 Å². The standard InChI is InChI=1S/C21H26ClN3O2/c1-15(19-5-3-4-6-20(19)22)23-16(2)21(26)24-17-7-9-18(10-8-17)25-11-13-27-14-12-25/h3-10,15-16,23H,11-14H2,1-2H3,(H,24,26)/p+1/t15-,16+/m1/s1. The van der Waals surface area contributed by atoms with Crippen LogP contribution in [0.4, 0.5) is 11.4 Å². The molecule has 1 aliphatic heterocycles. The van der Waals surface area contributed by atoms with Gasteiger partial charge in [0.25, 0.3) is 5.91 Å². The summed E-state index contributed by atoms with van der Waals surface area (Å²) in [7, 11) is 0. The van der Waals surface area contributed by atoms with Crippen LogP contribution in [-0.2, 0) is 9.53 Å². The summed E-state index contributed by atoms with van der Waals surface area (Å²) in [6.45, 7) is 7.28. The number of morpholine rings is 1. The molecule has 0 saturated carbocycles. The van der Waals surface area contributed by atoms with Crippen LogP contribution in [-0.4, -0.2) is 38.3 Å². The number of carbonyl (C=O) groups is 1. The smallest absolute Gasteiger partial charge is 0.282 e. The van der Waals surface area contributed by atoms with Gasteiger partial charge in [-0.15, -0.1) is 0 Å². The summed E-state index contributed by atoms with van der Waals surface area (Å²) in [5.74, 6) is -0.0203. The normalized spacial score (nSPS) is 16.6. The van der Waals surface area contributed by atoms with Crippen molar-refractivity contribution in [3.05, 3.63) is 59.1 Å². The minimum absolute atomic E-state index is 0.0203. The lowest BCUT2D eigenvalue weighted by molar-refractivity contribution is -0.709. The number of hydrogen-bond acceptors (Lipinski definition) is 3. The van der Waals surface area contributed by atoms with Gasteiger partial charge in [0.05, 0.1) is 13.2 Å². The van der Waals surface area contributed by atoms with Gasteiger partial charge >= 0.3 is 0 Å². The number of halogens is 1. The second kappa shape index (κ2) is 9.22. The minimum atomic E-state index is -0.227. The van der Waals surface area contributed by atoms with Crippen LogP contribution >= 0.6 is 11.6 Å². The molecule has 2 aromatic carbocycles. The van der Waals surface area contributed by atoms with Crippen LogP contribution in [0, 0.1) is 0 Å². The summed E-state index contributed by atoms with van der Waals surface area (Å²) in [6, 6.07) is 15.6. The first kappa shape index (κ1) is 19.7. The van der Waals surface area contributed by atoms with Gasteiger partial charge in [0.1, 0.15) is 6.04 Å². The van der Waals surface area contributed by atoms with Gasteiger partial charge in [-0.1, -0.05) is 29.8 Å². The van der Waals surface area contributed by atoms with Crippen molar-refractivity contribution in [1.82, 2.24) is 0 Å². The lowest BCUT2D eigenvalue weighted by Gasteiger charge is -2.29. The van der Waals surface area contributed by atoms with Crippen LogP contribution in [0.1, 0.15) is 25.5 Å². The molecule has 0 unspecified atom stereocenters. The van der Waals surface area contributed by atoms with Crippen LogP contribution < -0.4 is 15.5 Å². The molecule has 144 valence electrons. The van der Waals surface area contributed by atoms with Crippen molar-refractivity contribution >= 4 is 28.9 Å². The third kappa shape index (κ3) is 5.22. The Morgan fingerprint density at radius 1 is 1.11 bits per heavy atom. The quantitative estimate of drug-likeness (QED) is 0.800. The number of ether oxygens (including phenoxy) is 1. The molecule has 0 aliphatic carbocycles. The number of carbonyl (C=O) groups excluding carboxylic acids is 1. The maximum atomic E-state index is 12.5. The van der Waals surface area contributed by atoms with E-state index in [9.17, 15) is 4.79 Å². The van der Waals surface area contributed by atoms with Gasteiger partial charge in [-0.3, -0.25) is 4.79 Å². The number of quaternary nitrogens is 1. The zero-order valence-corrected chi connectivity index (χ0v) is 16.6. The van der Waals surface area contributed by atoms with Crippen molar-refractivity contribution in [2.75, 3.05) is 36.5 Å². The van der Waals surface area contributed by atoms with Crippen LogP contribution in [0.2, 0.25) is 5.02 Å². The van der Waals surface area contributed by atoms with Gasteiger partial charge in [-0.05, 0) is 44.2 Å². The van der Waals surface area contributed by atoms with Crippen molar-refractivity contribution < 1.29 is 14.8 Å². The molecule has 0 radical (unpaired) electrons. The molecule has 27 heavy (non-hydrogen) atoms. The van der Waals surface area contributed by atoms with Gasteiger partial charge in [0, 0.05) is 35.1 Å². The number of hydrogen-bond donors (Lipinski definition) is 2. The van der Waals surface area contributed by atoms with E-state index in [1.54, 1.807) is 0 Å². The Balaban J connectivity index is 1.55. The topological polar surface area (TPSA) is 58.2 Å². The summed E-state index contributed by atoms with van der Waals surface area (Å²) in [5, 5.41) is 5.75. The van der Waals surface area contributed by atoms with Crippen LogP contribution in [0.15, 0.2) is 48.5 Å². The highest BCUT2D eigenvalue weighted by Crippen LogP contribution is 2.20. The lowest BCUT2D eigenvalue weighted by Crippen LogP contribution is -2.91. The predicted octanol–water partition coefficient (Wildman–Crippen LogP) is 2.83. The Kier molecular flexibility index (Phi) is 6.72. The van der Waals surface area contributed by atoms with E-state index in [1.165, 1.54) is 0 Å². The van der Waals surface area contributed by atoms with E-state index in [1.807, 2.05) is 60.8 Å². The van der Waals surface area contributed by atoms with Gasteiger partial charge in [-0.25, -0.2) is 0 Å². The summed E-state index contributed by atoms with van der Waals surface area (Å²) in [6.07, 6.45) is 0. The molecule has 0 aromatic heterocycles. The van der Waals surface area contributed by atoms with Gasteiger partial charge < -0.3 is 20.3 Å². The van der Waals surface area contributed by atoms with E-state index in [-0.39, 0.29) is 18.0 Å². The summed E-state index contributed by atoms with van der Waals surface area (Å²) in [4.78, 5) is 14.8. The van der Waals surface area contributed by atoms with E-state index >= 15 is 0 Å². The molecule has 1 amide bonds. The highest BCUT2D eigenvalue weighted by atomic mass is 35.5. The van der Waals surface area contributed by atoms with Gasteiger partial charge in [0.2, 0.25) is 0 Å². The van der Waals surface area contributed by atoms with Gasteiger partial charge in [0.15, 0.2) is 6.04 Å². The largest absolute Gasteiger partial charge is 0.378 e. The van der Waals surface area contributed by atoms with Crippen LogP contribution in [0.3, 0.4) is 0 Å². The predicted molar refractivity (Wildman–Crippen MR) is 109 cm³/mol. The van der Waals surface area contributed by atoms with Gasteiger partial charge in [-0.2, -0.15) is 0 Å².